The molecule has 1 spiro atoms. The second kappa shape index (κ2) is 13.8. The average molecular weight is 744 g/mol. The third-order valence-electron chi connectivity index (χ3n) is 12.4. The Bertz CT molecular complexity index is 2840. The van der Waals surface area contributed by atoms with Crippen LogP contribution in [0.15, 0.2) is 218 Å². The van der Waals surface area contributed by atoms with Gasteiger partial charge in [0.05, 0.1) is 5.41 Å². The molecule has 8 aromatic carbocycles. The Morgan fingerprint density at radius 1 is 0.483 bits per heavy atom. The number of hydrogen-bond acceptors (Lipinski definition) is 2. The van der Waals surface area contributed by atoms with Gasteiger partial charge in [-0.3, -0.25) is 0 Å². The van der Waals surface area contributed by atoms with Crippen LogP contribution in [0.5, 0.6) is 11.5 Å². The summed E-state index contributed by atoms with van der Waals surface area (Å²) in [5.41, 5.74) is 17.3. The summed E-state index contributed by atoms with van der Waals surface area (Å²) >= 11 is 0. The van der Waals surface area contributed by atoms with Crippen molar-refractivity contribution in [1.82, 2.24) is 0 Å². The van der Waals surface area contributed by atoms with Gasteiger partial charge in [0.25, 0.3) is 0 Å². The van der Waals surface area contributed by atoms with Crippen molar-refractivity contribution >= 4 is 11.4 Å². The van der Waals surface area contributed by atoms with Crippen LogP contribution in [-0.2, 0) is 5.41 Å². The summed E-state index contributed by atoms with van der Waals surface area (Å²) < 4.78 is 6.97. The van der Waals surface area contributed by atoms with Crippen LogP contribution in [0.1, 0.15) is 45.7 Å². The van der Waals surface area contributed by atoms with Crippen LogP contribution in [0.25, 0.3) is 33.4 Å². The Hall–Kier alpha value is -7.16. The highest BCUT2D eigenvalue weighted by Gasteiger charge is 2.49. The molecule has 8 aromatic rings. The Labute approximate surface area is 340 Å². The highest BCUT2D eigenvalue weighted by atomic mass is 16.5. The van der Waals surface area contributed by atoms with Gasteiger partial charge in [-0.2, -0.15) is 0 Å². The van der Waals surface area contributed by atoms with Gasteiger partial charge >= 0.3 is 0 Å². The standard InChI is InChI=1S/C56H41NO/c1-38-24-34-54-52(36-38)56(50-22-12-10-20-48(50)46-18-8-9-19-47(46)49-21-11-13-23-51(49)56)53-37-45(33-35-55(53)58-54)57(43-29-25-41(26-30-43)39-14-4-2-5-15-39)44-31-27-42(28-32-44)40-16-6-3-7-17-40/h2-27,29-37,42H,28H2,1H3. The lowest BCUT2D eigenvalue weighted by atomic mass is 9.62. The van der Waals surface area contributed by atoms with Crippen molar-refractivity contribution in [3.05, 3.63) is 251 Å². The number of rotatable bonds is 5. The number of nitrogens with zero attached hydrogens (tertiary/aromatic N) is 1. The Balaban J connectivity index is 1.16. The highest BCUT2D eigenvalue weighted by Crippen LogP contribution is 2.61. The molecule has 1 atom stereocenters. The van der Waals surface area contributed by atoms with E-state index in [9.17, 15) is 0 Å². The zero-order chi connectivity index (χ0) is 38.6. The van der Waals surface area contributed by atoms with E-state index >= 15 is 0 Å². The van der Waals surface area contributed by atoms with Crippen molar-refractivity contribution < 1.29 is 4.74 Å². The summed E-state index contributed by atoms with van der Waals surface area (Å²) in [5.74, 6) is 2.08. The minimum atomic E-state index is -0.685. The van der Waals surface area contributed by atoms with E-state index in [0.29, 0.717) is 5.92 Å². The van der Waals surface area contributed by atoms with Gasteiger partial charge in [-0.1, -0.05) is 175 Å². The minimum Gasteiger partial charge on any atom is -0.457 e. The molecule has 0 N–H and O–H groups in total. The quantitative estimate of drug-likeness (QED) is 0.174. The molecule has 0 saturated heterocycles. The van der Waals surface area contributed by atoms with Crippen LogP contribution < -0.4 is 9.64 Å². The molecule has 1 unspecified atom stereocenters. The lowest BCUT2D eigenvalue weighted by Gasteiger charge is -2.43. The van der Waals surface area contributed by atoms with Crippen molar-refractivity contribution in [3.63, 3.8) is 0 Å². The molecule has 3 aliphatic rings. The summed E-state index contributed by atoms with van der Waals surface area (Å²) in [6, 6.07) is 70.9. The molecule has 0 radical (unpaired) electrons. The van der Waals surface area contributed by atoms with Crippen molar-refractivity contribution in [3.8, 4) is 44.9 Å². The summed E-state index contributed by atoms with van der Waals surface area (Å²) in [5, 5.41) is 0. The van der Waals surface area contributed by atoms with Crippen molar-refractivity contribution in [2.24, 2.45) is 0 Å². The van der Waals surface area contributed by atoms with Gasteiger partial charge in [-0.15, -0.1) is 0 Å². The maximum absolute atomic E-state index is 6.97. The first kappa shape index (κ1) is 34.1. The second-order valence-electron chi connectivity index (χ2n) is 15.7. The molecule has 0 fully saturated rings. The van der Waals surface area contributed by atoms with E-state index in [1.807, 2.05) is 0 Å². The number of benzene rings is 8. The lowest BCUT2D eigenvalue weighted by molar-refractivity contribution is 0.435. The number of hydrogen-bond donors (Lipinski definition) is 0. The molecule has 11 rings (SSSR count). The molecule has 0 bridgehead atoms. The highest BCUT2D eigenvalue weighted by molar-refractivity contribution is 5.94. The van der Waals surface area contributed by atoms with E-state index in [4.69, 9.17) is 4.74 Å². The lowest BCUT2D eigenvalue weighted by Crippen LogP contribution is -2.35. The van der Waals surface area contributed by atoms with E-state index in [2.05, 4.69) is 224 Å². The minimum absolute atomic E-state index is 0.327. The number of anilines is 2. The molecule has 276 valence electrons. The van der Waals surface area contributed by atoms with Gasteiger partial charge in [0.2, 0.25) is 0 Å². The maximum atomic E-state index is 6.97. The van der Waals surface area contributed by atoms with Crippen molar-refractivity contribution in [1.29, 1.82) is 0 Å². The topological polar surface area (TPSA) is 12.5 Å². The number of fused-ring (bicyclic) bond motifs is 11. The first-order valence-corrected chi connectivity index (χ1v) is 20.3. The fraction of sp³-hybridized carbons (Fsp3) is 0.0714. The molecule has 0 aromatic heterocycles. The second-order valence-corrected chi connectivity index (χ2v) is 15.7. The summed E-state index contributed by atoms with van der Waals surface area (Å²) in [6.45, 7) is 2.19. The monoisotopic (exact) mass is 743 g/mol. The van der Waals surface area contributed by atoms with Crippen LogP contribution in [-0.4, -0.2) is 0 Å². The fourth-order valence-corrected chi connectivity index (χ4v) is 9.70. The smallest absolute Gasteiger partial charge is 0.132 e. The molecule has 58 heavy (non-hydrogen) atoms. The van der Waals surface area contributed by atoms with Crippen LogP contribution in [0.2, 0.25) is 0 Å². The van der Waals surface area contributed by atoms with Gasteiger partial charge in [0.15, 0.2) is 0 Å². The Morgan fingerprint density at radius 2 is 1.02 bits per heavy atom. The zero-order valence-corrected chi connectivity index (χ0v) is 32.3. The zero-order valence-electron chi connectivity index (χ0n) is 32.3. The molecule has 2 aliphatic carbocycles. The molecule has 0 amide bonds. The average Bonchev–Trinajstić information content (AvgIpc) is 3.40. The van der Waals surface area contributed by atoms with Gasteiger partial charge in [-0.05, 0) is 106 Å². The summed E-state index contributed by atoms with van der Waals surface area (Å²) in [6.07, 6.45) is 7.99. The number of allylic oxidation sites excluding steroid dienone is 3. The molecule has 0 saturated carbocycles. The molecular formula is C56H41NO. The molecule has 2 heteroatoms. The summed E-state index contributed by atoms with van der Waals surface area (Å²) in [4.78, 5) is 2.43. The van der Waals surface area contributed by atoms with Crippen LogP contribution in [0.4, 0.5) is 11.4 Å². The van der Waals surface area contributed by atoms with E-state index in [1.165, 1.54) is 55.6 Å². The van der Waals surface area contributed by atoms with E-state index in [1.54, 1.807) is 0 Å². The Kier molecular flexibility index (Phi) is 8.11. The Morgan fingerprint density at radius 3 is 1.66 bits per heavy atom. The first-order valence-electron chi connectivity index (χ1n) is 20.3. The van der Waals surface area contributed by atoms with Crippen LogP contribution >= 0.6 is 0 Å². The SMILES string of the molecule is Cc1ccc2c(c1)C1(c3cc(N(C4=CCC(c5ccccc5)C=C4)c4ccc(-c5ccccc5)cc4)ccc3O2)c2ccccc2-c2ccccc2-c2ccccc21. The van der Waals surface area contributed by atoms with Crippen LogP contribution in [0, 0.1) is 6.92 Å². The fourth-order valence-electron chi connectivity index (χ4n) is 9.70. The maximum Gasteiger partial charge on any atom is 0.132 e. The third kappa shape index (κ3) is 5.40. The van der Waals surface area contributed by atoms with Gasteiger partial charge < -0.3 is 9.64 Å². The predicted molar refractivity (Wildman–Crippen MR) is 239 cm³/mol. The predicted octanol–water partition coefficient (Wildman–Crippen LogP) is 14.6. The van der Waals surface area contributed by atoms with Gasteiger partial charge in [0.1, 0.15) is 11.5 Å². The molecule has 1 heterocycles. The van der Waals surface area contributed by atoms with Crippen LogP contribution in [0.3, 0.4) is 0 Å². The largest absolute Gasteiger partial charge is 0.457 e. The normalized spacial score (nSPS) is 15.4. The molecule has 2 nitrogen and oxygen atoms in total. The number of ether oxygens (including phenoxy) is 1. The van der Waals surface area contributed by atoms with Gasteiger partial charge in [-0.25, -0.2) is 0 Å². The van der Waals surface area contributed by atoms with Crippen molar-refractivity contribution in [2.75, 3.05) is 4.90 Å². The number of aryl methyl sites for hydroxylation is 1. The molecule has 1 aliphatic heterocycles. The van der Waals surface area contributed by atoms with E-state index < -0.39 is 5.41 Å². The van der Waals surface area contributed by atoms with E-state index in [0.717, 1.165) is 46.1 Å². The van der Waals surface area contributed by atoms with E-state index in [-0.39, 0.29) is 0 Å². The first-order chi connectivity index (χ1) is 28.7. The molecular weight excluding hydrogens is 703 g/mol. The van der Waals surface area contributed by atoms with Crippen molar-refractivity contribution in [2.45, 2.75) is 24.7 Å². The van der Waals surface area contributed by atoms with Gasteiger partial charge in [0, 0.05) is 34.1 Å². The summed E-state index contributed by atoms with van der Waals surface area (Å²) in [7, 11) is 0. The third-order valence-corrected chi connectivity index (χ3v) is 12.4.